The predicted molar refractivity (Wildman–Crippen MR) is 64.1 cm³/mol. The molecular formula is C11H14Br2N2O. The second kappa shape index (κ2) is 6.30. The van der Waals surface area contributed by atoms with Crippen molar-refractivity contribution in [3.05, 3.63) is 46.6 Å². The summed E-state index contributed by atoms with van der Waals surface area (Å²) in [5.74, 6) is 5.72. The molecule has 1 aromatic rings. The number of halogens is 2. The van der Waals surface area contributed by atoms with Crippen LogP contribution in [0.1, 0.15) is 10.4 Å². The molecule has 0 unspecified atom stereocenters. The van der Waals surface area contributed by atoms with Crippen LogP contribution in [0.2, 0.25) is 0 Å². The summed E-state index contributed by atoms with van der Waals surface area (Å²) in [6.07, 6.45) is 1.50. The minimum Gasteiger partial charge on any atom is -1.00 e. The van der Waals surface area contributed by atoms with Gasteiger partial charge in [-0.25, -0.2) is 4.59 Å². The van der Waals surface area contributed by atoms with Crippen LogP contribution in [0, 0.1) is 0 Å². The van der Waals surface area contributed by atoms with Gasteiger partial charge < -0.3 is 17.0 Å². The van der Waals surface area contributed by atoms with Gasteiger partial charge in [-0.1, -0.05) is 30.3 Å². The summed E-state index contributed by atoms with van der Waals surface area (Å²) in [6, 6.07) is 9.08. The second-order valence-electron chi connectivity index (χ2n) is 3.74. The van der Waals surface area contributed by atoms with Gasteiger partial charge in [-0.15, -0.1) is 0 Å². The first-order chi connectivity index (χ1) is 6.91. The van der Waals surface area contributed by atoms with E-state index in [0.29, 0.717) is 10.2 Å². The van der Waals surface area contributed by atoms with Crippen LogP contribution in [-0.4, -0.2) is 24.5 Å². The Morgan fingerprint density at radius 1 is 1.31 bits per heavy atom. The normalized spacial score (nSPS) is 11.9. The summed E-state index contributed by atoms with van der Waals surface area (Å²) in [6.45, 7) is 0. The van der Waals surface area contributed by atoms with E-state index in [2.05, 4.69) is 15.9 Å². The van der Waals surface area contributed by atoms with E-state index in [1.54, 1.807) is 26.2 Å². The monoisotopic (exact) mass is 348 g/mol. The number of allylic oxidation sites excluding steroid dienone is 1. The average Bonchev–Trinajstić information content (AvgIpc) is 2.17. The van der Waals surface area contributed by atoms with Gasteiger partial charge in [-0.2, -0.15) is 5.84 Å². The quantitative estimate of drug-likeness (QED) is 0.191. The van der Waals surface area contributed by atoms with E-state index in [4.69, 9.17) is 5.84 Å². The van der Waals surface area contributed by atoms with E-state index in [9.17, 15) is 4.79 Å². The van der Waals surface area contributed by atoms with Crippen molar-refractivity contribution in [2.45, 2.75) is 0 Å². The van der Waals surface area contributed by atoms with Crippen LogP contribution in [0.15, 0.2) is 41.0 Å². The van der Waals surface area contributed by atoms with Gasteiger partial charge in [-0.3, -0.25) is 4.79 Å². The lowest BCUT2D eigenvalue weighted by Crippen LogP contribution is -3.00. The van der Waals surface area contributed by atoms with Gasteiger partial charge in [0.2, 0.25) is 0 Å². The second-order valence-corrected chi connectivity index (χ2v) is 4.55. The van der Waals surface area contributed by atoms with Crippen molar-refractivity contribution in [2.75, 3.05) is 14.1 Å². The Kier molecular flexibility index (Phi) is 6.10. The lowest BCUT2D eigenvalue weighted by molar-refractivity contribution is -0.855. The van der Waals surface area contributed by atoms with Gasteiger partial charge in [0, 0.05) is 21.5 Å². The van der Waals surface area contributed by atoms with Crippen LogP contribution >= 0.6 is 15.9 Å². The van der Waals surface area contributed by atoms with Crippen LogP contribution in [0.5, 0.6) is 0 Å². The summed E-state index contributed by atoms with van der Waals surface area (Å²) in [7, 11) is 3.55. The van der Waals surface area contributed by atoms with Crippen LogP contribution in [0.25, 0.3) is 0 Å². The molecule has 0 spiro atoms. The highest BCUT2D eigenvalue weighted by molar-refractivity contribution is 9.11. The highest BCUT2D eigenvalue weighted by Gasteiger charge is 2.16. The number of rotatable bonds is 3. The molecule has 16 heavy (non-hydrogen) atoms. The van der Waals surface area contributed by atoms with Crippen molar-refractivity contribution in [3.8, 4) is 0 Å². The summed E-state index contributed by atoms with van der Waals surface area (Å²) < 4.78 is 0.731. The van der Waals surface area contributed by atoms with E-state index in [-0.39, 0.29) is 27.4 Å². The number of hydrogen-bond donors (Lipinski definition) is 1. The van der Waals surface area contributed by atoms with E-state index >= 15 is 0 Å². The average molecular weight is 350 g/mol. The van der Waals surface area contributed by atoms with Crippen LogP contribution < -0.4 is 22.8 Å². The van der Waals surface area contributed by atoms with Gasteiger partial charge in [0.1, 0.15) is 0 Å². The smallest absolute Gasteiger partial charge is 0.198 e. The van der Waals surface area contributed by atoms with E-state index in [1.165, 1.54) is 6.08 Å². The Hall–Kier alpha value is -0.490. The molecule has 0 saturated carbocycles. The van der Waals surface area contributed by atoms with Crippen LogP contribution in [-0.2, 0) is 0 Å². The molecule has 0 amide bonds. The molecule has 0 aliphatic rings. The molecule has 0 aliphatic carbocycles. The molecule has 0 radical (unpaired) electrons. The lowest BCUT2D eigenvalue weighted by Gasteiger charge is -2.20. The molecule has 0 aliphatic heterocycles. The molecular weight excluding hydrogens is 336 g/mol. The minimum atomic E-state index is -0.0564. The Labute approximate surface area is 114 Å². The van der Waals surface area contributed by atoms with Gasteiger partial charge in [0.25, 0.3) is 0 Å². The van der Waals surface area contributed by atoms with E-state index in [0.717, 1.165) is 0 Å². The van der Waals surface area contributed by atoms with Crippen LogP contribution in [0.3, 0.4) is 0 Å². The Balaban J connectivity index is 0.00000225. The predicted octanol–water partition coefficient (Wildman–Crippen LogP) is -0.940. The van der Waals surface area contributed by atoms with Crippen molar-refractivity contribution in [1.82, 2.24) is 0 Å². The fourth-order valence-electron chi connectivity index (χ4n) is 0.960. The van der Waals surface area contributed by atoms with Gasteiger partial charge >= 0.3 is 0 Å². The molecule has 0 heterocycles. The third-order valence-electron chi connectivity index (χ3n) is 1.86. The summed E-state index contributed by atoms with van der Waals surface area (Å²) in [5.41, 5.74) is 0.655. The molecule has 0 bridgehead atoms. The Morgan fingerprint density at radius 2 is 1.81 bits per heavy atom. The SMILES string of the molecule is C[N+](C)(N)C(Br)=CC(=O)c1ccccc1.[Br-]. The molecule has 2 N–H and O–H groups in total. The highest BCUT2D eigenvalue weighted by Crippen LogP contribution is 2.14. The third kappa shape index (κ3) is 4.57. The first-order valence-corrected chi connectivity index (χ1v) is 5.30. The highest BCUT2D eigenvalue weighted by atomic mass is 79.9. The number of hydrogen-bond acceptors (Lipinski definition) is 2. The molecule has 3 nitrogen and oxygen atoms in total. The molecule has 0 saturated heterocycles. The number of benzene rings is 1. The van der Waals surface area contributed by atoms with E-state index in [1.807, 2.05) is 18.2 Å². The van der Waals surface area contributed by atoms with Crippen molar-refractivity contribution >= 4 is 21.7 Å². The fraction of sp³-hybridized carbons (Fsp3) is 0.182. The molecule has 5 heteroatoms. The first kappa shape index (κ1) is 15.5. The van der Waals surface area contributed by atoms with Crippen molar-refractivity contribution in [3.63, 3.8) is 0 Å². The molecule has 1 rings (SSSR count). The van der Waals surface area contributed by atoms with Gasteiger partial charge in [-0.05, 0) is 0 Å². The Morgan fingerprint density at radius 3 is 2.25 bits per heavy atom. The standard InChI is InChI=1S/C11H14BrN2O.BrH/c1-14(2,13)11(12)8-10(15)9-6-4-3-5-7-9;/h3-8H,13H2,1-2H3;1H/q+1;/p-1. The summed E-state index contributed by atoms with van der Waals surface area (Å²) >= 11 is 3.28. The largest absolute Gasteiger partial charge is 1.00 e. The zero-order valence-electron chi connectivity index (χ0n) is 9.15. The number of nitrogens with two attached hydrogens (primary N) is 1. The number of carbonyl (C=O) groups is 1. The maximum absolute atomic E-state index is 11.7. The maximum Gasteiger partial charge on any atom is 0.198 e. The molecule has 0 aromatic heterocycles. The topological polar surface area (TPSA) is 43.1 Å². The zero-order valence-corrected chi connectivity index (χ0v) is 12.3. The molecule has 0 atom stereocenters. The van der Waals surface area contributed by atoms with Crippen molar-refractivity contribution in [2.24, 2.45) is 5.84 Å². The fourth-order valence-corrected chi connectivity index (χ4v) is 1.17. The maximum atomic E-state index is 11.7. The first-order valence-electron chi connectivity index (χ1n) is 4.51. The number of ketones is 1. The van der Waals surface area contributed by atoms with Crippen LogP contribution in [0.4, 0.5) is 0 Å². The molecule has 1 aromatic carbocycles. The summed E-state index contributed by atoms with van der Waals surface area (Å²) in [4.78, 5) is 11.7. The summed E-state index contributed by atoms with van der Waals surface area (Å²) in [5, 5.41) is 0. The van der Waals surface area contributed by atoms with Gasteiger partial charge in [0.15, 0.2) is 10.4 Å². The van der Waals surface area contributed by atoms with E-state index < -0.39 is 0 Å². The zero-order chi connectivity index (χ0) is 11.5. The third-order valence-corrected chi connectivity index (χ3v) is 3.00. The lowest BCUT2D eigenvalue weighted by atomic mass is 10.1. The molecule has 0 fully saturated rings. The molecule has 88 valence electrons. The van der Waals surface area contributed by atoms with Gasteiger partial charge in [0.05, 0.1) is 20.2 Å². The number of nitrogens with zero attached hydrogens (tertiary/aromatic N) is 1. The van der Waals surface area contributed by atoms with Crippen molar-refractivity contribution < 1.29 is 26.4 Å². The Bertz CT molecular complexity index is 383. The number of quaternary nitrogens is 1. The van der Waals surface area contributed by atoms with Crippen molar-refractivity contribution in [1.29, 1.82) is 0 Å². The minimum absolute atomic E-state index is 0. The number of carbonyl (C=O) groups excluding carboxylic acids is 1.